The van der Waals surface area contributed by atoms with Crippen LogP contribution in [0.25, 0.3) is 0 Å². The van der Waals surface area contributed by atoms with Crippen LogP contribution in [0.15, 0.2) is 35.8 Å². The minimum absolute atomic E-state index is 0.00639. The molecular formula is C16H20N6O2. The maximum absolute atomic E-state index is 12.3. The number of carbonyl (C=O) groups is 1. The Morgan fingerprint density at radius 2 is 2.04 bits per heavy atom. The first kappa shape index (κ1) is 16.1. The fourth-order valence-electron chi connectivity index (χ4n) is 2.91. The summed E-state index contributed by atoms with van der Waals surface area (Å²) in [4.78, 5) is 38.2. The summed E-state index contributed by atoms with van der Waals surface area (Å²) in [6.45, 7) is 0.278. The summed E-state index contributed by atoms with van der Waals surface area (Å²) in [6.07, 6.45) is 9.82. The van der Waals surface area contributed by atoms with Crippen LogP contribution in [-0.4, -0.2) is 31.9 Å². The second-order valence-electron chi connectivity index (χ2n) is 5.90. The molecule has 0 saturated heterocycles. The van der Waals surface area contributed by atoms with Crippen molar-refractivity contribution in [3.8, 4) is 0 Å². The van der Waals surface area contributed by atoms with Crippen molar-refractivity contribution >= 4 is 11.7 Å². The average molecular weight is 328 g/mol. The topological polar surface area (TPSA) is 113 Å². The third-order valence-corrected chi connectivity index (χ3v) is 4.19. The molecule has 126 valence electrons. The predicted molar refractivity (Wildman–Crippen MR) is 88.1 cm³/mol. The summed E-state index contributed by atoms with van der Waals surface area (Å²) in [7, 11) is 0. The van der Waals surface area contributed by atoms with Gasteiger partial charge >= 0.3 is 0 Å². The molecule has 1 amide bonds. The zero-order valence-electron chi connectivity index (χ0n) is 13.2. The maximum Gasteiger partial charge on any atom is 0.250 e. The minimum Gasteiger partial charge on any atom is -0.366 e. The lowest BCUT2D eigenvalue weighted by molar-refractivity contribution is -0.126. The highest BCUT2D eigenvalue weighted by atomic mass is 16.2. The minimum atomic E-state index is -0.218. The second kappa shape index (κ2) is 7.67. The van der Waals surface area contributed by atoms with E-state index in [1.54, 1.807) is 18.6 Å². The van der Waals surface area contributed by atoms with Crippen molar-refractivity contribution in [2.75, 3.05) is 5.32 Å². The van der Waals surface area contributed by atoms with Crippen molar-refractivity contribution in [1.29, 1.82) is 0 Å². The quantitative estimate of drug-likeness (QED) is 0.750. The molecule has 3 N–H and O–H groups in total. The van der Waals surface area contributed by atoms with Crippen LogP contribution >= 0.6 is 0 Å². The fraction of sp³-hybridized carbons (Fsp3) is 0.438. The lowest BCUT2D eigenvalue weighted by Crippen LogP contribution is -2.36. The molecule has 0 bridgehead atoms. The number of H-pyrrole nitrogens is 1. The zero-order valence-corrected chi connectivity index (χ0v) is 13.2. The van der Waals surface area contributed by atoms with Crippen LogP contribution in [0.4, 0.5) is 5.82 Å². The van der Waals surface area contributed by atoms with E-state index in [1.165, 1.54) is 12.4 Å². The average Bonchev–Trinajstić information content (AvgIpc) is 2.61. The Kier molecular flexibility index (Phi) is 5.15. The van der Waals surface area contributed by atoms with Gasteiger partial charge in [0.25, 0.3) is 5.56 Å². The van der Waals surface area contributed by atoms with Gasteiger partial charge in [-0.25, -0.2) is 9.97 Å². The van der Waals surface area contributed by atoms with Crippen LogP contribution in [0.2, 0.25) is 0 Å². The van der Waals surface area contributed by atoms with Crippen LogP contribution in [0.3, 0.4) is 0 Å². The molecule has 0 unspecified atom stereocenters. The van der Waals surface area contributed by atoms with E-state index in [9.17, 15) is 9.59 Å². The zero-order chi connectivity index (χ0) is 16.8. The Bertz CT molecular complexity index is 725. The van der Waals surface area contributed by atoms with Gasteiger partial charge in [0, 0.05) is 30.4 Å². The van der Waals surface area contributed by atoms with Gasteiger partial charge in [-0.2, -0.15) is 0 Å². The molecule has 1 aliphatic carbocycles. The molecule has 24 heavy (non-hydrogen) atoms. The number of nitrogens with zero attached hydrogens (tertiary/aromatic N) is 3. The summed E-state index contributed by atoms with van der Waals surface area (Å²) in [6, 6.07) is 1.71. The maximum atomic E-state index is 12.3. The molecule has 0 spiro atoms. The Labute approximate surface area is 139 Å². The number of anilines is 1. The second-order valence-corrected chi connectivity index (χ2v) is 5.90. The molecule has 1 saturated carbocycles. The van der Waals surface area contributed by atoms with Crippen LogP contribution in [-0.2, 0) is 11.3 Å². The van der Waals surface area contributed by atoms with Crippen molar-refractivity contribution in [1.82, 2.24) is 25.3 Å². The SMILES string of the molecule is O=C(NCc1cc(=O)[nH]cn1)C1CCC(Nc2cnccn2)CC1. The van der Waals surface area contributed by atoms with Crippen molar-refractivity contribution in [3.63, 3.8) is 0 Å². The number of nitrogens with one attached hydrogen (secondary N) is 3. The lowest BCUT2D eigenvalue weighted by atomic mass is 9.85. The standard InChI is InChI=1S/C16H20N6O2/c23-15-7-13(20-10-21-15)8-19-16(24)11-1-3-12(4-2-11)22-14-9-17-5-6-18-14/h5-7,9-12H,1-4,8H2,(H,18,22)(H,19,24)(H,20,21,23). The molecule has 2 aromatic heterocycles. The highest BCUT2D eigenvalue weighted by Crippen LogP contribution is 2.26. The van der Waals surface area contributed by atoms with Crippen molar-refractivity contribution < 1.29 is 4.79 Å². The molecule has 3 rings (SSSR count). The number of amides is 1. The summed E-state index contributed by atoms with van der Waals surface area (Å²) in [5.41, 5.74) is 0.343. The number of carbonyl (C=O) groups excluding carboxylic acids is 1. The highest BCUT2D eigenvalue weighted by molar-refractivity contribution is 5.78. The molecule has 1 aliphatic rings. The first-order valence-electron chi connectivity index (χ1n) is 8.04. The number of hydrogen-bond donors (Lipinski definition) is 3. The summed E-state index contributed by atoms with van der Waals surface area (Å²) >= 11 is 0. The van der Waals surface area contributed by atoms with Gasteiger partial charge in [0.2, 0.25) is 5.91 Å². The van der Waals surface area contributed by atoms with E-state index in [4.69, 9.17) is 0 Å². The van der Waals surface area contributed by atoms with Gasteiger partial charge in [0.15, 0.2) is 0 Å². The Morgan fingerprint density at radius 3 is 2.75 bits per heavy atom. The number of aromatic amines is 1. The third-order valence-electron chi connectivity index (χ3n) is 4.19. The van der Waals surface area contributed by atoms with Gasteiger partial charge in [0.1, 0.15) is 5.82 Å². The van der Waals surface area contributed by atoms with Gasteiger partial charge in [-0.05, 0) is 25.7 Å². The van der Waals surface area contributed by atoms with Crippen LogP contribution in [0.1, 0.15) is 31.4 Å². The number of hydrogen-bond acceptors (Lipinski definition) is 6. The number of rotatable bonds is 5. The van der Waals surface area contributed by atoms with E-state index in [0.29, 0.717) is 11.7 Å². The van der Waals surface area contributed by atoms with Gasteiger partial charge in [0.05, 0.1) is 24.8 Å². The van der Waals surface area contributed by atoms with Crippen LogP contribution in [0.5, 0.6) is 0 Å². The van der Waals surface area contributed by atoms with Gasteiger partial charge < -0.3 is 15.6 Å². The first-order chi connectivity index (χ1) is 11.7. The largest absolute Gasteiger partial charge is 0.366 e. The monoisotopic (exact) mass is 328 g/mol. The molecule has 2 aromatic rings. The normalized spacial score (nSPS) is 20.3. The summed E-state index contributed by atoms with van der Waals surface area (Å²) in [5, 5.41) is 6.21. The molecule has 0 atom stereocenters. The van der Waals surface area contributed by atoms with Gasteiger partial charge in [-0.3, -0.25) is 14.6 Å². The molecule has 8 heteroatoms. The summed E-state index contributed by atoms with van der Waals surface area (Å²) in [5.74, 6) is 0.799. The van der Waals surface area contributed by atoms with Gasteiger partial charge in [-0.1, -0.05) is 0 Å². The van der Waals surface area contributed by atoms with Crippen LogP contribution in [0, 0.1) is 5.92 Å². The van der Waals surface area contributed by atoms with E-state index < -0.39 is 0 Å². The van der Waals surface area contributed by atoms with Crippen molar-refractivity contribution in [2.45, 2.75) is 38.3 Å². The smallest absolute Gasteiger partial charge is 0.250 e. The molecule has 8 nitrogen and oxygen atoms in total. The van der Waals surface area contributed by atoms with E-state index >= 15 is 0 Å². The molecule has 0 radical (unpaired) electrons. The van der Waals surface area contributed by atoms with Crippen molar-refractivity contribution in [2.24, 2.45) is 5.92 Å². The van der Waals surface area contributed by atoms with Crippen molar-refractivity contribution in [3.05, 3.63) is 47.0 Å². The Balaban J connectivity index is 1.44. The lowest BCUT2D eigenvalue weighted by Gasteiger charge is -2.28. The van der Waals surface area contributed by atoms with Crippen LogP contribution < -0.4 is 16.2 Å². The molecule has 2 heterocycles. The molecule has 0 aliphatic heterocycles. The molecule has 1 fully saturated rings. The summed E-state index contributed by atoms with van der Waals surface area (Å²) < 4.78 is 0. The van der Waals surface area contributed by atoms with E-state index in [0.717, 1.165) is 31.5 Å². The highest BCUT2D eigenvalue weighted by Gasteiger charge is 2.26. The van der Waals surface area contributed by atoms with E-state index in [1.807, 2.05) is 0 Å². The predicted octanol–water partition coefficient (Wildman–Crippen LogP) is 0.847. The third kappa shape index (κ3) is 4.37. The fourth-order valence-corrected chi connectivity index (χ4v) is 2.91. The van der Waals surface area contributed by atoms with E-state index in [2.05, 4.69) is 30.6 Å². The molecular weight excluding hydrogens is 308 g/mol. The Morgan fingerprint density at radius 1 is 1.21 bits per heavy atom. The number of aromatic nitrogens is 4. The van der Waals surface area contributed by atoms with Gasteiger partial charge in [-0.15, -0.1) is 0 Å². The molecule has 0 aromatic carbocycles. The first-order valence-corrected chi connectivity index (χ1v) is 8.04. The van der Waals surface area contributed by atoms with E-state index in [-0.39, 0.29) is 23.9 Å². The Hall–Kier alpha value is -2.77.